The molecule has 1 saturated carbocycles. The fourth-order valence-corrected chi connectivity index (χ4v) is 3.39. The summed E-state index contributed by atoms with van der Waals surface area (Å²) in [6.07, 6.45) is 5.99. The second-order valence-corrected chi connectivity index (χ2v) is 5.94. The Bertz CT molecular complexity index is 421. The summed E-state index contributed by atoms with van der Waals surface area (Å²) in [5.74, 6) is 0. The molecule has 0 spiro atoms. The average Bonchev–Trinajstić information content (AvgIpc) is 2.90. The molecule has 1 aliphatic carbocycles. The second kappa shape index (κ2) is 6.06. The van der Waals surface area contributed by atoms with Gasteiger partial charge in [0.2, 0.25) is 0 Å². The molecule has 2 rings (SSSR count). The summed E-state index contributed by atoms with van der Waals surface area (Å²) < 4.78 is 5.92. The molecule has 1 atom stereocenters. The Morgan fingerprint density at radius 2 is 1.89 bits per heavy atom. The lowest BCUT2D eigenvalue weighted by atomic mass is 9.87. The molecule has 0 amide bonds. The summed E-state index contributed by atoms with van der Waals surface area (Å²) in [6, 6.07) is 7.20. The van der Waals surface area contributed by atoms with E-state index in [0.29, 0.717) is 6.04 Å². The normalized spacial score (nSPS) is 19.6. The molecule has 1 N–H and O–H groups in total. The van der Waals surface area contributed by atoms with E-state index in [1.807, 2.05) is 7.11 Å². The van der Waals surface area contributed by atoms with Gasteiger partial charge in [0.1, 0.15) is 0 Å². The molecule has 1 aromatic rings. The molecule has 106 valence electrons. The van der Waals surface area contributed by atoms with Crippen LogP contribution < -0.4 is 5.32 Å². The third-order valence-corrected chi connectivity index (χ3v) is 4.85. The van der Waals surface area contributed by atoms with E-state index < -0.39 is 0 Å². The first kappa shape index (κ1) is 14.5. The third-order valence-electron chi connectivity index (χ3n) is 4.85. The predicted octanol–water partition coefficient (Wildman–Crippen LogP) is 3.39. The van der Waals surface area contributed by atoms with Crippen molar-refractivity contribution in [3.63, 3.8) is 0 Å². The SMILES string of the molecule is CNC(Cc1ccc(C)c(C)c1)C1(OC)CCCC1. The van der Waals surface area contributed by atoms with Gasteiger partial charge in [-0.25, -0.2) is 0 Å². The highest BCUT2D eigenvalue weighted by molar-refractivity contribution is 5.30. The predicted molar refractivity (Wildman–Crippen MR) is 80.7 cm³/mol. The van der Waals surface area contributed by atoms with Crippen molar-refractivity contribution in [3.05, 3.63) is 34.9 Å². The lowest BCUT2D eigenvalue weighted by Gasteiger charge is -2.36. The van der Waals surface area contributed by atoms with Crippen molar-refractivity contribution in [1.82, 2.24) is 5.32 Å². The van der Waals surface area contributed by atoms with Gasteiger partial charge < -0.3 is 10.1 Å². The minimum Gasteiger partial charge on any atom is -0.377 e. The lowest BCUT2D eigenvalue weighted by Crippen LogP contribution is -2.50. The van der Waals surface area contributed by atoms with Gasteiger partial charge in [0.15, 0.2) is 0 Å². The van der Waals surface area contributed by atoms with Crippen LogP contribution in [0, 0.1) is 13.8 Å². The van der Waals surface area contributed by atoms with Crippen LogP contribution in [0.15, 0.2) is 18.2 Å². The molecule has 0 radical (unpaired) electrons. The van der Waals surface area contributed by atoms with Crippen LogP contribution in [0.5, 0.6) is 0 Å². The van der Waals surface area contributed by atoms with Crippen LogP contribution in [-0.4, -0.2) is 25.8 Å². The number of hydrogen-bond acceptors (Lipinski definition) is 2. The van der Waals surface area contributed by atoms with Gasteiger partial charge in [0.25, 0.3) is 0 Å². The zero-order valence-electron chi connectivity index (χ0n) is 12.8. The molecule has 1 fully saturated rings. The number of benzene rings is 1. The number of nitrogens with one attached hydrogen (secondary N) is 1. The van der Waals surface area contributed by atoms with E-state index in [0.717, 1.165) is 6.42 Å². The van der Waals surface area contributed by atoms with Crippen LogP contribution in [-0.2, 0) is 11.2 Å². The van der Waals surface area contributed by atoms with Gasteiger partial charge in [-0.05, 0) is 56.8 Å². The van der Waals surface area contributed by atoms with E-state index in [9.17, 15) is 0 Å². The molecule has 0 saturated heterocycles. The number of ether oxygens (including phenoxy) is 1. The second-order valence-electron chi connectivity index (χ2n) is 5.94. The highest BCUT2D eigenvalue weighted by Gasteiger charge is 2.40. The van der Waals surface area contributed by atoms with E-state index in [-0.39, 0.29) is 5.60 Å². The van der Waals surface area contributed by atoms with E-state index in [1.165, 1.54) is 42.4 Å². The molecule has 1 unspecified atom stereocenters. The number of rotatable bonds is 5. The summed E-state index contributed by atoms with van der Waals surface area (Å²) in [4.78, 5) is 0. The molecule has 2 heteroatoms. The third kappa shape index (κ3) is 3.01. The fourth-order valence-electron chi connectivity index (χ4n) is 3.39. The van der Waals surface area contributed by atoms with Crippen LogP contribution in [0.2, 0.25) is 0 Å². The molecule has 0 heterocycles. The van der Waals surface area contributed by atoms with E-state index in [2.05, 4.69) is 44.4 Å². The molecular weight excluding hydrogens is 234 g/mol. The lowest BCUT2D eigenvalue weighted by molar-refractivity contribution is -0.0336. The van der Waals surface area contributed by atoms with Crippen LogP contribution in [0.4, 0.5) is 0 Å². The molecule has 19 heavy (non-hydrogen) atoms. The number of hydrogen-bond donors (Lipinski definition) is 1. The smallest absolute Gasteiger partial charge is 0.0834 e. The quantitative estimate of drug-likeness (QED) is 0.877. The first-order valence-electron chi connectivity index (χ1n) is 7.40. The van der Waals surface area contributed by atoms with Gasteiger partial charge in [-0.2, -0.15) is 0 Å². The Hall–Kier alpha value is -0.860. The number of aryl methyl sites for hydroxylation is 2. The van der Waals surface area contributed by atoms with Gasteiger partial charge in [0, 0.05) is 13.2 Å². The van der Waals surface area contributed by atoms with Gasteiger partial charge in [-0.3, -0.25) is 0 Å². The van der Waals surface area contributed by atoms with Crippen molar-refractivity contribution in [2.24, 2.45) is 0 Å². The first-order valence-corrected chi connectivity index (χ1v) is 7.40. The monoisotopic (exact) mass is 261 g/mol. The topological polar surface area (TPSA) is 21.3 Å². The standard InChI is InChI=1S/C17H27NO/c1-13-7-8-15(11-14(13)2)12-16(18-3)17(19-4)9-5-6-10-17/h7-8,11,16,18H,5-6,9-10,12H2,1-4H3. The maximum Gasteiger partial charge on any atom is 0.0834 e. The number of likely N-dealkylation sites (N-methyl/N-ethyl adjacent to an activating group) is 1. The molecule has 1 aromatic carbocycles. The van der Waals surface area contributed by atoms with Crippen LogP contribution in [0.25, 0.3) is 0 Å². The Morgan fingerprint density at radius 3 is 2.42 bits per heavy atom. The molecule has 0 aromatic heterocycles. The highest BCUT2D eigenvalue weighted by atomic mass is 16.5. The Balaban J connectivity index is 2.16. The van der Waals surface area contributed by atoms with Crippen molar-refractivity contribution < 1.29 is 4.74 Å². The van der Waals surface area contributed by atoms with Gasteiger partial charge in [-0.1, -0.05) is 31.0 Å². The molecule has 1 aliphatic rings. The van der Waals surface area contributed by atoms with E-state index >= 15 is 0 Å². The molecule has 0 bridgehead atoms. The van der Waals surface area contributed by atoms with Crippen molar-refractivity contribution in [3.8, 4) is 0 Å². The molecular formula is C17H27NO. The van der Waals surface area contributed by atoms with Crippen molar-refractivity contribution in [2.75, 3.05) is 14.2 Å². The zero-order chi connectivity index (χ0) is 13.9. The van der Waals surface area contributed by atoms with E-state index in [1.54, 1.807) is 0 Å². The Morgan fingerprint density at radius 1 is 1.21 bits per heavy atom. The average molecular weight is 261 g/mol. The largest absolute Gasteiger partial charge is 0.377 e. The summed E-state index contributed by atoms with van der Waals surface area (Å²) in [6.45, 7) is 4.36. The molecule has 2 nitrogen and oxygen atoms in total. The maximum atomic E-state index is 5.92. The number of methoxy groups -OCH3 is 1. The van der Waals surface area contributed by atoms with E-state index in [4.69, 9.17) is 4.74 Å². The Kier molecular flexibility index (Phi) is 4.64. The highest BCUT2D eigenvalue weighted by Crippen LogP contribution is 2.36. The summed E-state index contributed by atoms with van der Waals surface area (Å²) in [5.41, 5.74) is 4.19. The zero-order valence-corrected chi connectivity index (χ0v) is 12.8. The maximum absolute atomic E-state index is 5.92. The van der Waals surface area contributed by atoms with Crippen LogP contribution >= 0.6 is 0 Å². The van der Waals surface area contributed by atoms with Crippen LogP contribution in [0.3, 0.4) is 0 Å². The first-order chi connectivity index (χ1) is 9.11. The summed E-state index contributed by atoms with van der Waals surface area (Å²) in [7, 11) is 3.93. The minimum absolute atomic E-state index is 0.0353. The van der Waals surface area contributed by atoms with Gasteiger partial charge >= 0.3 is 0 Å². The minimum atomic E-state index is 0.0353. The van der Waals surface area contributed by atoms with Crippen LogP contribution in [0.1, 0.15) is 42.4 Å². The van der Waals surface area contributed by atoms with Crippen molar-refractivity contribution in [2.45, 2.75) is 57.6 Å². The summed E-state index contributed by atoms with van der Waals surface area (Å²) >= 11 is 0. The summed E-state index contributed by atoms with van der Waals surface area (Å²) in [5, 5.41) is 3.49. The fraction of sp³-hybridized carbons (Fsp3) is 0.647. The van der Waals surface area contributed by atoms with Gasteiger partial charge in [-0.15, -0.1) is 0 Å². The van der Waals surface area contributed by atoms with Crippen molar-refractivity contribution in [1.29, 1.82) is 0 Å². The van der Waals surface area contributed by atoms with Gasteiger partial charge in [0.05, 0.1) is 5.60 Å². The van der Waals surface area contributed by atoms with Crippen molar-refractivity contribution >= 4 is 0 Å². The Labute approximate surface area is 117 Å². The molecule has 0 aliphatic heterocycles.